The number of carbonyl (C=O) groups is 3. The lowest BCUT2D eigenvalue weighted by Crippen LogP contribution is -2.68. The smallest absolute Gasteiger partial charge is 0.331 e. The largest absolute Gasteiger partial charge is 0.497 e. The van der Waals surface area contributed by atoms with E-state index >= 15 is 0 Å². The number of aromatic nitrogens is 1. The van der Waals surface area contributed by atoms with E-state index in [9.17, 15) is 19.2 Å². The normalized spacial score (nSPS) is 25.8. The Morgan fingerprint density at radius 1 is 1.08 bits per heavy atom. The van der Waals surface area contributed by atoms with E-state index < -0.39 is 23.3 Å². The van der Waals surface area contributed by atoms with Crippen LogP contribution in [-0.4, -0.2) is 65.5 Å². The molecular weight excluding hydrogens is 460 g/mol. The topological polar surface area (TPSA) is 101 Å². The van der Waals surface area contributed by atoms with Crippen LogP contribution in [-0.2, 0) is 22.6 Å². The Labute approximate surface area is 209 Å². The molecule has 0 aliphatic carbocycles. The van der Waals surface area contributed by atoms with Crippen LogP contribution >= 0.6 is 0 Å². The van der Waals surface area contributed by atoms with E-state index in [0.29, 0.717) is 25.4 Å². The van der Waals surface area contributed by atoms with Crippen LogP contribution in [0, 0.1) is 11.3 Å². The van der Waals surface area contributed by atoms with Gasteiger partial charge in [0.05, 0.1) is 7.11 Å². The molecule has 2 bridgehead atoms. The average Bonchev–Trinajstić information content (AvgIpc) is 2.86. The number of hydrogen-bond acceptors (Lipinski definition) is 6. The Bertz CT molecular complexity index is 1270. The van der Waals surface area contributed by atoms with Gasteiger partial charge in [0.15, 0.2) is 0 Å². The highest BCUT2D eigenvalue weighted by molar-refractivity contribution is 6.19. The molecule has 3 aliphatic heterocycles. The summed E-state index contributed by atoms with van der Waals surface area (Å²) < 4.78 is 7.10. The second kappa shape index (κ2) is 9.39. The number of hydrogen-bond donors (Lipinski definition) is 1. The molecule has 188 valence electrons. The third kappa shape index (κ3) is 4.13. The Kier molecular flexibility index (Phi) is 6.26. The number of nitrogens with zero attached hydrogens (tertiary/aromatic N) is 3. The number of ether oxygens (including phenoxy) is 1. The van der Waals surface area contributed by atoms with Gasteiger partial charge < -0.3 is 14.2 Å². The van der Waals surface area contributed by atoms with Crippen LogP contribution in [0.4, 0.5) is 4.79 Å². The minimum absolute atomic E-state index is 0.00652. The van der Waals surface area contributed by atoms with Gasteiger partial charge in [-0.1, -0.05) is 24.3 Å². The Morgan fingerprint density at radius 2 is 1.86 bits per heavy atom. The number of piperidine rings is 1. The highest BCUT2D eigenvalue weighted by Crippen LogP contribution is 2.38. The number of imide groups is 2. The van der Waals surface area contributed by atoms with Crippen molar-refractivity contribution in [2.75, 3.05) is 33.3 Å². The number of pyridine rings is 1. The summed E-state index contributed by atoms with van der Waals surface area (Å²) in [7, 11) is 1.58. The minimum Gasteiger partial charge on any atom is -0.497 e. The van der Waals surface area contributed by atoms with E-state index in [-0.39, 0.29) is 36.9 Å². The number of barbiturate groups is 1. The van der Waals surface area contributed by atoms with Gasteiger partial charge in [0.2, 0.25) is 11.8 Å². The minimum atomic E-state index is -1.48. The molecular formula is C27H30N4O5. The lowest BCUT2D eigenvalue weighted by molar-refractivity contribution is -0.153. The molecule has 2 saturated heterocycles. The Balaban J connectivity index is 1.49. The van der Waals surface area contributed by atoms with E-state index in [1.807, 2.05) is 22.8 Å². The van der Waals surface area contributed by atoms with Crippen molar-refractivity contribution in [1.82, 2.24) is 19.7 Å². The lowest BCUT2D eigenvalue weighted by atomic mass is 9.75. The summed E-state index contributed by atoms with van der Waals surface area (Å²) in [5.41, 5.74) is 0.317. The molecule has 0 saturated carbocycles. The van der Waals surface area contributed by atoms with E-state index in [0.717, 1.165) is 22.6 Å². The quantitative estimate of drug-likeness (QED) is 0.469. The van der Waals surface area contributed by atoms with Gasteiger partial charge in [-0.3, -0.25) is 24.6 Å². The number of nitrogens with one attached hydrogen (secondary N) is 1. The number of urea groups is 1. The second-order valence-corrected chi connectivity index (χ2v) is 9.96. The Hall–Kier alpha value is -3.72. The summed E-state index contributed by atoms with van der Waals surface area (Å²) in [5, 5.41) is 2.42. The summed E-state index contributed by atoms with van der Waals surface area (Å²) in [6.45, 7) is 5.77. The molecule has 36 heavy (non-hydrogen) atoms. The zero-order valence-electron chi connectivity index (χ0n) is 20.3. The van der Waals surface area contributed by atoms with Gasteiger partial charge in [-0.2, -0.15) is 0 Å². The van der Waals surface area contributed by atoms with Crippen LogP contribution in [0.1, 0.15) is 23.6 Å². The number of rotatable bonds is 7. The number of likely N-dealkylation sites (tertiary alicyclic amines) is 1. The number of amides is 4. The van der Waals surface area contributed by atoms with Crippen molar-refractivity contribution in [3.63, 3.8) is 0 Å². The zero-order valence-corrected chi connectivity index (χ0v) is 20.3. The molecule has 3 aliphatic rings. The predicted molar refractivity (Wildman–Crippen MR) is 133 cm³/mol. The molecule has 1 unspecified atom stereocenters. The van der Waals surface area contributed by atoms with Crippen molar-refractivity contribution in [3.8, 4) is 5.75 Å². The van der Waals surface area contributed by atoms with Gasteiger partial charge >= 0.3 is 6.03 Å². The third-order valence-corrected chi connectivity index (χ3v) is 7.58. The van der Waals surface area contributed by atoms with Gasteiger partial charge in [-0.15, -0.1) is 6.58 Å². The molecule has 3 atom stereocenters. The van der Waals surface area contributed by atoms with Gasteiger partial charge in [-0.05, 0) is 42.5 Å². The van der Waals surface area contributed by atoms with Gasteiger partial charge in [0.1, 0.15) is 11.2 Å². The van der Waals surface area contributed by atoms with Crippen molar-refractivity contribution in [3.05, 3.63) is 76.7 Å². The molecule has 5 rings (SSSR count). The summed E-state index contributed by atoms with van der Waals surface area (Å²) in [6, 6.07) is 11.9. The number of fused-ring (bicyclic) bond motifs is 4. The van der Waals surface area contributed by atoms with Crippen LogP contribution < -0.4 is 15.6 Å². The molecule has 1 aromatic heterocycles. The van der Waals surface area contributed by atoms with Gasteiger partial charge in [0, 0.05) is 50.4 Å². The van der Waals surface area contributed by atoms with Crippen LogP contribution in [0.3, 0.4) is 0 Å². The van der Waals surface area contributed by atoms with Crippen molar-refractivity contribution >= 4 is 17.8 Å². The van der Waals surface area contributed by atoms with E-state index in [1.165, 1.54) is 6.08 Å². The molecule has 1 N–H and O–H groups in total. The standard InChI is InChI=1S/C27H30N4O5/c1-3-11-30-25(34)27(24(33)28-26(30)35,13-18-7-9-21(36-2)10-8-18)17-29-14-19-12-20(16-29)22-5-4-6-23(32)31(22)15-19/h3-10,19-20H,1,11-17H2,2H3,(H,28,33,35)/t19-,20+,27?/m1/s1. The van der Waals surface area contributed by atoms with Crippen molar-refractivity contribution in [2.45, 2.75) is 25.3 Å². The molecule has 4 heterocycles. The van der Waals surface area contributed by atoms with Crippen LogP contribution in [0.5, 0.6) is 5.75 Å². The first-order chi connectivity index (χ1) is 17.3. The van der Waals surface area contributed by atoms with Crippen LogP contribution in [0.15, 0.2) is 59.9 Å². The van der Waals surface area contributed by atoms with Crippen molar-refractivity contribution < 1.29 is 19.1 Å². The summed E-state index contributed by atoms with van der Waals surface area (Å²) in [5.74, 6) is -0.0482. The first-order valence-electron chi connectivity index (χ1n) is 12.2. The van der Waals surface area contributed by atoms with Gasteiger partial charge in [0.25, 0.3) is 5.56 Å². The Morgan fingerprint density at radius 3 is 2.58 bits per heavy atom. The fraction of sp³-hybridized carbons (Fsp3) is 0.407. The van der Waals surface area contributed by atoms with E-state index in [1.54, 1.807) is 31.4 Å². The number of methoxy groups -OCH3 is 1. The SMILES string of the molecule is C=CCN1C(=O)NC(=O)C(Cc2ccc(OC)cc2)(CN2C[C@H]3C[C@@H](C2)c2cccc(=O)n2C3)C1=O. The maximum atomic E-state index is 13.8. The van der Waals surface area contributed by atoms with Crippen LogP contribution in [0.25, 0.3) is 0 Å². The highest BCUT2D eigenvalue weighted by atomic mass is 16.5. The molecule has 2 fully saturated rings. The monoisotopic (exact) mass is 490 g/mol. The highest BCUT2D eigenvalue weighted by Gasteiger charge is 2.55. The molecule has 9 nitrogen and oxygen atoms in total. The summed E-state index contributed by atoms with van der Waals surface area (Å²) in [4.78, 5) is 55.5. The van der Waals surface area contributed by atoms with E-state index in [4.69, 9.17) is 4.74 Å². The third-order valence-electron chi connectivity index (χ3n) is 7.58. The predicted octanol–water partition coefficient (Wildman–Crippen LogP) is 1.77. The van der Waals surface area contributed by atoms with Crippen molar-refractivity contribution in [1.29, 1.82) is 0 Å². The second-order valence-electron chi connectivity index (χ2n) is 9.96. The number of benzene rings is 1. The summed E-state index contributed by atoms with van der Waals surface area (Å²) >= 11 is 0. The lowest BCUT2D eigenvalue weighted by Gasteiger charge is -2.47. The maximum absolute atomic E-state index is 13.8. The zero-order chi connectivity index (χ0) is 25.4. The first-order valence-corrected chi connectivity index (χ1v) is 12.2. The molecule has 9 heteroatoms. The van der Waals surface area contributed by atoms with Gasteiger partial charge in [-0.25, -0.2) is 4.79 Å². The fourth-order valence-electron chi connectivity index (χ4n) is 5.98. The summed E-state index contributed by atoms with van der Waals surface area (Å²) in [6.07, 6.45) is 2.59. The molecule has 0 radical (unpaired) electrons. The molecule has 0 spiro atoms. The van der Waals surface area contributed by atoms with Crippen LogP contribution in [0.2, 0.25) is 0 Å². The maximum Gasteiger partial charge on any atom is 0.331 e. The molecule has 2 aromatic rings. The average molecular weight is 491 g/mol. The van der Waals surface area contributed by atoms with Crippen molar-refractivity contribution in [2.24, 2.45) is 11.3 Å². The fourth-order valence-corrected chi connectivity index (χ4v) is 5.98. The first kappa shape index (κ1) is 24.0. The molecule has 1 aromatic carbocycles. The molecule has 4 amide bonds. The van der Waals surface area contributed by atoms with E-state index in [2.05, 4.69) is 16.8 Å². The number of carbonyl (C=O) groups excluding carboxylic acids is 3.